The van der Waals surface area contributed by atoms with Crippen LogP contribution in [0.2, 0.25) is 0 Å². The van der Waals surface area contributed by atoms with Crippen LogP contribution in [0, 0.1) is 13.8 Å². The van der Waals surface area contributed by atoms with Gasteiger partial charge in [-0.15, -0.1) is 11.3 Å². The Bertz CT molecular complexity index is 771. The molecule has 0 saturated heterocycles. The summed E-state index contributed by atoms with van der Waals surface area (Å²) in [7, 11) is 0.375. The lowest BCUT2D eigenvalue weighted by molar-refractivity contribution is 0.585. The Hall–Kier alpha value is -1.71. The molecule has 0 saturated carbocycles. The normalized spacial score (nSPS) is 11.5. The highest BCUT2D eigenvalue weighted by atomic mass is 32.2. The minimum atomic E-state index is -3.44. The molecule has 2 rings (SSSR count). The summed E-state index contributed by atoms with van der Waals surface area (Å²) < 4.78 is 27.1. The molecule has 2 heterocycles. The molecule has 2 aromatic heterocycles. The van der Waals surface area contributed by atoms with Crippen molar-refractivity contribution in [3.63, 3.8) is 0 Å². The van der Waals surface area contributed by atoms with Crippen molar-refractivity contribution in [2.45, 2.75) is 18.1 Å². The quantitative estimate of drug-likeness (QED) is 0.734. The molecule has 9 heteroatoms. The van der Waals surface area contributed by atoms with Crippen molar-refractivity contribution in [1.29, 1.82) is 0 Å². The van der Waals surface area contributed by atoms with Crippen molar-refractivity contribution in [2.24, 2.45) is 0 Å². The summed E-state index contributed by atoms with van der Waals surface area (Å²) >= 11 is 1.26. The zero-order valence-electron chi connectivity index (χ0n) is 13.6. The van der Waals surface area contributed by atoms with E-state index in [4.69, 9.17) is 0 Å². The highest BCUT2D eigenvalue weighted by Crippen LogP contribution is 2.20. The molecule has 0 unspecified atom stereocenters. The van der Waals surface area contributed by atoms with Gasteiger partial charge >= 0.3 is 0 Å². The van der Waals surface area contributed by atoms with Crippen LogP contribution in [0.15, 0.2) is 22.4 Å². The van der Waals surface area contributed by atoms with E-state index in [1.165, 1.54) is 11.3 Å². The van der Waals surface area contributed by atoms with Crippen molar-refractivity contribution in [3.8, 4) is 0 Å². The summed E-state index contributed by atoms with van der Waals surface area (Å²) in [6.45, 7) is 4.41. The maximum absolute atomic E-state index is 12.1. The summed E-state index contributed by atoms with van der Waals surface area (Å²) in [5.41, 5.74) is 0. The first-order chi connectivity index (χ1) is 10.8. The Morgan fingerprint density at radius 1 is 1.17 bits per heavy atom. The molecular weight excluding hydrogens is 334 g/mol. The molecule has 0 aliphatic carbocycles. The third-order valence-electron chi connectivity index (χ3n) is 2.99. The Morgan fingerprint density at radius 2 is 1.91 bits per heavy atom. The molecule has 126 valence electrons. The molecular formula is C14H21N5O2S2. The van der Waals surface area contributed by atoms with Crippen LogP contribution in [-0.4, -0.2) is 45.6 Å². The number of nitrogens with one attached hydrogen (secondary N) is 2. The maximum atomic E-state index is 12.1. The van der Waals surface area contributed by atoms with Crippen molar-refractivity contribution in [1.82, 2.24) is 14.7 Å². The van der Waals surface area contributed by atoms with Crippen LogP contribution in [0.4, 0.5) is 11.6 Å². The molecule has 0 amide bonds. The minimum Gasteiger partial charge on any atom is -0.369 e. The second kappa shape index (κ2) is 7.24. The average Bonchev–Trinajstić information content (AvgIpc) is 2.90. The molecule has 0 aliphatic rings. The number of hydrogen-bond donors (Lipinski definition) is 2. The first-order valence-electron chi connectivity index (χ1n) is 7.11. The molecule has 0 radical (unpaired) electrons. The average molecular weight is 355 g/mol. The van der Waals surface area contributed by atoms with E-state index in [2.05, 4.69) is 20.0 Å². The van der Waals surface area contributed by atoms with Gasteiger partial charge in [0.1, 0.15) is 21.7 Å². The molecule has 0 aromatic carbocycles. The fraction of sp³-hybridized carbons (Fsp3) is 0.429. The van der Waals surface area contributed by atoms with Gasteiger partial charge in [-0.3, -0.25) is 0 Å². The predicted molar refractivity (Wildman–Crippen MR) is 93.8 cm³/mol. The topological polar surface area (TPSA) is 87.2 Å². The lowest BCUT2D eigenvalue weighted by atomic mass is 10.4. The van der Waals surface area contributed by atoms with Gasteiger partial charge in [0, 0.05) is 38.1 Å². The summed E-state index contributed by atoms with van der Waals surface area (Å²) in [6, 6.07) is 5.24. The van der Waals surface area contributed by atoms with Crippen LogP contribution in [-0.2, 0) is 10.0 Å². The van der Waals surface area contributed by atoms with Crippen molar-refractivity contribution in [2.75, 3.05) is 37.4 Å². The van der Waals surface area contributed by atoms with E-state index in [1.807, 2.05) is 38.9 Å². The van der Waals surface area contributed by atoms with Gasteiger partial charge in [0.25, 0.3) is 0 Å². The highest BCUT2D eigenvalue weighted by molar-refractivity contribution is 7.91. The number of sulfonamides is 1. The number of thiophene rings is 1. The van der Waals surface area contributed by atoms with E-state index in [0.29, 0.717) is 22.4 Å². The van der Waals surface area contributed by atoms with Gasteiger partial charge in [0.05, 0.1) is 0 Å². The first-order valence-corrected chi connectivity index (χ1v) is 9.41. The van der Waals surface area contributed by atoms with Crippen LogP contribution >= 0.6 is 11.3 Å². The van der Waals surface area contributed by atoms with Crippen molar-refractivity contribution < 1.29 is 8.42 Å². The lowest BCUT2D eigenvalue weighted by Gasteiger charge is -2.14. The summed E-state index contributed by atoms with van der Waals surface area (Å²) in [5.74, 6) is 2.13. The van der Waals surface area contributed by atoms with Gasteiger partial charge in [0.15, 0.2) is 0 Å². The number of aryl methyl sites for hydroxylation is 2. The number of anilines is 2. The van der Waals surface area contributed by atoms with E-state index in [9.17, 15) is 8.42 Å². The molecule has 7 nitrogen and oxygen atoms in total. The zero-order valence-corrected chi connectivity index (χ0v) is 15.3. The SMILES string of the molecule is Cc1nc(NCCNS(=O)(=O)c2ccc(C)s2)cc(N(C)C)n1. The van der Waals surface area contributed by atoms with Gasteiger partial charge < -0.3 is 10.2 Å². The third-order valence-corrected chi connectivity index (χ3v) is 5.94. The number of rotatable bonds is 7. The van der Waals surface area contributed by atoms with Gasteiger partial charge in [0.2, 0.25) is 10.0 Å². The standard InChI is InChI=1S/C14H21N5O2S2/c1-10-5-6-14(22-10)23(20,21)16-8-7-15-12-9-13(19(3)4)18-11(2)17-12/h5-6,9,16H,7-8H2,1-4H3,(H,15,17,18). The summed E-state index contributed by atoms with van der Waals surface area (Å²) in [6.07, 6.45) is 0. The second-order valence-electron chi connectivity index (χ2n) is 5.24. The second-order valence-corrected chi connectivity index (χ2v) is 8.52. The van der Waals surface area contributed by atoms with E-state index >= 15 is 0 Å². The van der Waals surface area contributed by atoms with E-state index < -0.39 is 10.0 Å². The molecule has 2 N–H and O–H groups in total. The molecule has 0 atom stereocenters. The van der Waals surface area contributed by atoms with Crippen LogP contribution in [0.1, 0.15) is 10.7 Å². The number of nitrogens with zero attached hydrogens (tertiary/aromatic N) is 3. The van der Waals surface area contributed by atoms with Gasteiger partial charge in [-0.2, -0.15) is 0 Å². The van der Waals surface area contributed by atoms with Gasteiger partial charge in [-0.1, -0.05) is 0 Å². The molecule has 2 aromatic rings. The van der Waals surface area contributed by atoms with Crippen LogP contribution in [0.25, 0.3) is 0 Å². The smallest absolute Gasteiger partial charge is 0.250 e. The van der Waals surface area contributed by atoms with Crippen LogP contribution < -0.4 is 14.9 Å². The van der Waals surface area contributed by atoms with Crippen LogP contribution in [0.5, 0.6) is 0 Å². The zero-order chi connectivity index (χ0) is 17.0. The molecule has 0 fully saturated rings. The maximum Gasteiger partial charge on any atom is 0.250 e. The monoisotopic (exact) mass is 355 g/mol. The third kappa shape index (κ3) is 4.88. The molecule has 0 aliphatic heterocycles. The van der Waals surface area contributed by atoms with Crippen molar-refractivity contribution in [3.05, 3.63) is 28.9 Å². The van der Waals surface area contributed by atoms with Gasteiger partial charge in [-0.25, -0.2) is 23.1 Å². The predicted octanol–water partition coefficient (Wildman–Crippen LogP) is 1.61. The summed E-state index contributed by atoms with van der Waals surface area (Å²) in [4.78, 5) is 11.5. The molecule has 23 heavy (non-hydrogen) atoms. The Morgan fingerprint density at radius 3 is 2.52 bits per heavy atom. The van der Waals surface area contributed by atoms with Crippen LogP contribution in [0.3, 0.4) is 0 Å². The molecule has 0 bridgehead atoms. The Kier molecular flexibility index (Phi) is 5.55. The number of aromatic nitrogens is 2. The van der Waals surface area contributed by atoms with Gasteiger partial charge in [-0.05, 0) is 26.0 Å². The first kappa shape index (κ1) is 17.6. The van der Waals surface area contributed by atoms with E-state index in [-0.39, 0.29) is 6.54 Å². The van der Waals surface area contributed by atoms with E-state index in [1.54, 1.807) is 12.1 Å². The van der Waals surface area contributed by atoms with E-state index in [0.717, 1.165) is 10.7 Å². The fourth-order valence-corrected chi connectivity index (χ4v) is 4.23. The lowest BCUT2D eigenvalue weighted by Crippen LogP contribution is -2.28. The van der Waals surface area contributed by atoms with Crippen molar-refractivity contribution >= 4 is 33.0 Å². The minimum absolute atomic E-state index is 0.277. The highest BCUT2D eigenvalue weighted by Gasteiger charge is 2.15. The Balaban J connectivity index is 1.90. The fourth-order valence-electron chi connectivity index (χ4n) is 1.88. The summed E-state index contributed by atoms with van der Waals surface area (Å²) in [5, 5.41) is 3.11. The largest absolute Gasteiger partial charge is 0.369 e. The molecule has 0 spiro atoms. The Labute approximate surface area is 140 Å². The number of hydrogen-bond acceptors (Lipinski definition) is 7.